The number of H-pyrrole nitrogens is 1. The molecule has 0 radical (unpaired) electrons. The summed E-state index contributed by atoms with van der Waals surface area (Å²) in [6.45, 7) is 1.10. The summed E-state index contributed by atoms with van der Waals surface area (Å²) < 4.78 is 10.5. The molecule has 0 saturated heterocycles. The predicted molar refractivity (Wildman–Crippen MR) is 108 cm³/mol. The van der Waals surface area contributed by atoms with Gasteiger partial charge in [-0.05, 0) is 36.2 Å². The number of aromatic hydroxyl groups is 1. The minimum Gasteiger partial charge on any atom is -0.508 e. The normalized spacial score (nSPS) is 15.6. The van der Waals surface area contributed by atoms with Crippen molar-refractivity contribution in [1.82, 2.24) is 15.1 Å². The van der Waals surface area contributed by atoms with E-state index >= 15 is 0 Å². The first kappa shape index (κ1) is 19.0. The van der Waals surface area contributed by atoms with E-state index in [4.69, 9.17) is 9.47 Å². The van der Waals surface area contributed by atoms with Gasteiger partial charge in [0.25, 0.3) is 5.91 Å². The van der Waals surface area contributed by atoms with Gasteiger partial charge in [-0.3, -0.25) is 9.89 Å². The van der Waals surface area contributed by atoms with Crippen LogP contribution in [0.5, 0.6) is 11.5 Å². The third-order valence-corrected chi connectivity index (χ3v) is 5.14. The van der Waals surface area contributed by atoms with Gasteiger partial charge < -0.3 is 19.5 Å². The van der Waals surface area contributed by atoms with Crippen molar-refractivity contribution >= 4 is 5.91 Å². The van der Waals surface area contributed by atoms with Gasteiger partial charge in [-0.1, -0.05) is 24.3 Å². The van der Waals surface area contributed by atoms with Crippen LogP contribution in [0.15, 0.2) is 48.5 Å². The molecule has 2 aromatic carbocycles. The first-order chi connectivity index (χ1) is 14.1. The molecule has 1 atom stereocenters. The number of phenols is 1. The number of hydrogen-bond acceptors (Lipinski definition) is 5. The van der Waals surface area contributed by atoms with E-state index in [1.807, 2.05) is 30.3 Å². The summed E-state index contributed by atoms with van der Waals surface area (Å²) in [5.41, 5.74) is 3.69. The summed E-state index contributed by atoms with van der Waals surface area (Å²) in [4.78, 5) is 15.0. The zero-order valence-electron chi connectivity index (χ0n) is 16.4. The molecule has 29 heavy (non-hydrogen) atoms. The maximum Gasteiger partial charge on any atom is 0.273 e. The van der Waals surface area contributed by atoms with Gasteiger partial charge >= 0.3 is 0 Å². The van der Waals surface area contributed by atoms with Crippen LogP contribution in [0.25, 0.3) is 11.3 Å². The second-order valence-electron chi connectivity index (χ2n) is 6.94. The Morgan fingerprint density at radius 3 is 2.76 bits per heavy atom. The molecule has 2 N–H and O–H groups in total. The standard InChI is InChI=1S/C22H23N3O4/c1-28-11-5-10-25-21(15-7-3-8-16(26)12-15)18-19(23-24-20(18)22(25)27)14-6-4-9-17(13-14)29-2/h3-4,6-9,12-13,21,26H,5,10-11H2,1-2H3,(H,23,24). The molecule has 0 aliphatic carbocycles. The molecular formula is C22H23N3O4. The van der Waals surface area contributed by atoms with E-state index < -0.39 is 0 Å². The van der Waals surface area contributed by atoms with Crippen LogP contribution in [0.3, 0.4) is 0 Å². The second-order valence-corrected chi connectivity index (χ2v) is 6.94. The fourth-order valence-electron chi connectivity index (χ4n) is 3.84. The van der Waals surface area contributed by atoms with Gasteiger partial charge in [-0.2, -0.15) is 5.10 Å². The van der Waals surface area contributed by atoms with Crippen LogP contribution in [0, 0.1) is 0 Å². The number of phenolic OH excluding ortho intramolecular Hbond substituents is 1. The molecule has 7 nitrogen and oxygen atoms in total. The van der Waals surface area contributed by atoms with Gasteiger partial charge in [0, 0.05) is 31.4 Å². The number of carbonyl (C=O) groups is 1. The number of ether oxygens (including phenoxy) is 2. The molecule has 0 fully saturated rings. The fraction of sp³-hybridized carbons (Fsp3) is 0.273. The summed E-state index contributed by atoms with van der Waals surface area (Å²) in [5, 5.41) is 17.4. The Morgan fingerprint density at radius 1 is 1.17 bits per heavy atom. The Hall–Kier alpha value is -3.32. The first-order valence-corrected chi connectivity index (χ1v) is 9.45. The lowest BCUT2D eigenvalue weighted by molar-refractivity contribution is 0.0723. The average Bonchev–Trinajstić information content (AvgIpc) is 3.28. The fourth-order valence-corrected chi connectivity index (χ4v) is 3.84. The van der Waals surface area contributed by atoms with E-state index in [-0.39, 0.29) is 17.7 Å². The number of fused-ring (bicyclic) bond motifs is 1. The molecule has 0 spiro atoms. The van der Waals surface area contributed by atoms with Crippen molar-refractivity contribution in [2.45, 2.75) is 12.5 Å². The van der Waals surface area contributed by atoms with Gasteiger partial charge in [-0.15, -0.1) is 0 Å². The minimum absolute atomic E-state index is 0.105. The Bertz CT molecular complexity index is 1030. The number of carbonyl (C=O) groups excluding carboxylic acids is 1. The number of methoxy groups -OCH3 is 2. The highest BCUT2D eigenvalue weighted by atomic mass is 16.5. The number of aromatic amines is 1. The van der Waals surface area contributed by atoms with E-state index in [1.165, 1.54) is 0 Å². The molecule has 2 heterocycles. The SMILES string of the molecule is COCCCN1C(=O)c2[nH]nc(-c3cccc(OC)c3)c2C1c1cccc(O)c1. The number of amides is 1. The van der Waals surface area contributed by atoms with E-state index in [0.29, 0.717) is 31.0 Å². The summed E-state index contributed by atoms with van der Waals surface area (Å²) in [7, 11) is 3.26. The Kier molecular flexibility index (Phi) is 5.22. The molecule has 1 amide bonds. The molecule has 3 aromatic rings. The highest BCUT2D eigenvalue weighted by molar-refractivity contribution is 6.00. The van der Waals surface area contributed by atoms with Crippen molar-refractivity contribution in [1.29, 1.82) is 0 Å². The molecule has 1 aromatic heterocycles. The molecule has 0 bridgehead atoms. The highest BCUT2D eigenvalue weighted by Crippen LogP contribution is 2.43. The van der Waals surface area contributed by atoms with Gasteiger partial charge in [0.1, 0.15) is 17.2 Å². The monoisotopic (exact) mass is 393 g/mol. The Balaban J connectivity index is 1.82. The van der Waals surface area contributed by atoms with Crippen LogP contribution in [-0.4, -0.2) is 53.5 Å². The lowest BCUT2D eigenvalue weighted by Gasteiger charge is -2.26. The topological polar surface area (TPSA) is 87.7 Å². The second kappa shape index (κ2) is 7.97. The molecule has 1 aliphatic rings. The third kappa shape index (κ3) is 3.45. The smallest absolute Gasteiger partial charge is 0.273 e. The van der Waals surface area contributed by atoms with Gasteiger partial charge in [0.15, 0.2) is 0 Å². The highest BCUT2D eigenvalue weighted by Gasteiger charge is 2.42. The van der Waals surface area contributed by atoms with Crippen molar-refractivity contribution in [3.63, 3.8) is 0 Å². The molecule has 7 heteroatoms. The van der Waals surface area contributed by atoms with Crippen molar-refractivity contribution < 1.29 is 19.4 Å². The third-order valence-electron chi connectivity index (χ3n) is 5.14. The van der Waals surface area contributed by atoms with Crippen molar-refractivity contribution in [2.24, 2.45) is 0 Å². The van der Waals surface area contributed by atoms with Crippen LogP contribution in [0.2, 0.25) is 0 Å². The van der Waals surface area contributed by atoms with E-state index in [1.54, 1.807) is 37.3 Å². The number of nitrogens with one attached hydrogen (secondary N) is 1. The van der Waals surface area contributed by atoms with Crippen molar-refractivity contribution in [2.75, 3.05) is 27.4 Å². The Morgan fingerprint density at radius 2 is 2.00 bits per heavy atom. The maximum atomic E-state index is 13.2. The first-order valence-electron chi connectivity index (χ1n) is 9.45. The predicted octanol–water partition coefficient (Wildman–Crippen LogP) is 3.37. The molecule has 0 saturated carbocycles. The maximum absolute atomic E-state index is 13.2. The minimum atomic E-state index is -0.346. The largest absolute Gasteiger partial charge is 0.508 e. The van der Waals surface area contributed by atoms with E-state index in [2.05, 4.69) is 10.2 Å². The molecule has 150 valence electrons. The lowest BCUT2D eigenvalue weighted by Crippen LogP contribution is -2.31. The average molecular weight is 393 g/mol. The zero-order valence-corrected chi connectivity index (χ0v) is 16.4. The van der Waals surface area contributed by atoms with Gasteiger partial charge in [-0.25, -0.2) is 0 Å². The number of rotatable bonds is 7. The zero-order chi connectivity index (χ0) is 20.4. The quantitative estimate of drug-likeness (QED) is 0.601. The number of nitrogens with zero attached hydrogens (tertiary/aromatic N) is 2. The van der Waals surface area contributed by atoms with Gasteiger partial charge in [0.2, 0.25) is 0 Å². The number of hydrogen-bond donors (Lipinski definition) is 2. The molecular weight excluding hydrogens is 370 g/mol. The van der Waals surface area contributed by atoms with E-state index in [9.17, 15) is 9.90 Å². The molecule has 1 unspecified atom stereocenters. The summed E-state index contributed by atoms with van der Waals surface area (Å²) in [5.74, 6) is 0.771. The molecule has 4 rings (SSSR count). The summed E-state index contributed by atoms with van der Waals surface area (Å²) in [6.07, 6.45) is 0.712. The van der Waals surface area contributed by atoms with Crippen LogP contribution in [-0.2, 0) is 4.74 Å². The van der Waals surface area contributed by atoms with E-state index in [0.717, 1.165) is 22.4 Å². The van der Waals surface area contributed by atoms with Gasteiger partial charge in [0.05, 0.1) is 18.8 Å². The van der Waals surface area contributed by atoms with Crippen LogP contribution in [0.4, 0.5) is 0 Å². The van der Waals surface area contributed by atoms with Crippen LogP contribution in [0.1, 0.15) is 34.1 Å². The number of benzene rings is 2. The lowest BCUT2D eigenvalue weighted by atomic mass is 9.96. The number of aromatic nitrogens is 2. The Labute approximate surface area is 168 Å². The van der Waals surface area contributed by atoms with Crippen molar-refractivity contribution in [3.05, 3.63) is 65.4 Å². The van der Waals surface area contributed by atoms with Crippen LogP contribution >= 0.6 is 0 Å². The summed E-state index contributed by atoms with van der Waals surface area (Å²) in [6, 6.07) is 14.3. The summed E-state index contributed by atoms with van der Waals surface area (Å²) >= 11 is 0. The molecule has 1 aliphatic heterocycles. The van der Waals surface area contributed by atoms with Crippen LogP contribution < -0.4 is 4.74 Å². The van der Waals surface area contributed by atoms with Crippen molar-refractivity contribution in [3.8, 4) is 22.8 Å².